The number of hydrogen-bond acceptors (Lipinski definition) is 3. The summed E-state index contributed by atoms with van der Waals surface area (Å²) in [6, 6.07) is 1.93. The van der Waals surface area contributed by atoms with E-state index in [4.69, 9.17) is 0 Å². The van der Waals surface area contributed by atoms with Crippen LogP contribution in [0.3, 0.4) is 0 Å². The van der Waals surface area contributed by atoms with Crippen molar-refractivity contribution in [3.8, 4) is 5.75 Å². The van der Waals surface area contributed by atoms with Gasteiger partial charge in [0, 0.05) is 12.1 Å². The molecule has 1 unspecified atom stereocenters. The van der Waals surface area contributed by atoms with E-state index in [1.165, 1.54) is 11.1 Å². The zero-order valence-electron chi connectivity index (χ0n) is 9.26. The third-order valence-corrected chi connectivity index (χ3v) is 3.95. The SMILES string of the molecule is CNCC(O)c1cc2c(c(Br)c1O)CCC2. The fraction of sp³-hybridized carbons (Fsp3) is 0.500. The van der Waals surface area contributed by atoms with Gasteiger partial charge in [-0.2, -0.15) is 0 Å². The summed E-state index contributed by atoms with van der Waals surface area (Å²) in [5.41, 5.74) is 3.05. The predicted molar refractivity (Wildman–Crippen MR) is 66.7 cm³/mol. The molecule has 0 aliphatic heterocycles. The molecule has 3 N–H and O–H groups in total. The highest BCUT2D eigenvalue weighted by atomic mass is 79.9. The van der Waals surface area contributed by atoms with Crippen molar-refractivity contribution in [3.63, 3.8) is 0 Å². The van der Waals surface area contributed by atoms with Gasteiger partial charge in [0.15, 0.2) is 0 Å². The van der Waals surface area contributed by atoms with Crippen molar-refractivity contribution in [1.29, 1.82) is 0 Å². The molecule has 1 aromatic carbocycles. The lowest BCUT2D eigenvalue weighted by Gasteiger charge is -2.16. The maximum Gasteiger partial charge on any atom is 0.135 e. The highest BCUT2D eigenvalue weighted by Crippen LogP contribution is 2.40. The average molecular weight is 286 g/mol. The Morgan fingerprint density at radius 3 is 2.94 bits per heavy atom. The fourth-order valence-corrected chi connectivity index (χ4v) is 2.94. The van der Waals surface area contributed by atoms with Crippen LogP contribution in [0.1, 0.15) is 29.2 Å². The minimum Gasteiger partial charge on any atom is -0.506 e. The van der Waals surface area contributed by atoms with E-state index in [0.29, 0.717) is 12.1 Å². The van der Waals surface area contributed by atoms with Crippen LogP contribution in [-0.4, -0.2) is 23.8 Å². The molecule has 0 radical (unpaired) electrons. The van der Waals surface area contributed by atoms with Crippen molar-refractivity contribution in [2.75, 3.05) is 13.6 Å². The molecule has 0 amide bonds. The summed E-state index contributed by atoms with van der Waals surface area (Å²) in [4.78, 5) is 0. The van der Waals surface area contributed by atoms with Crippen LogP contribution in [0.15, 0.2) is 10.5 Å². The van der Waals surface area contributed by atoms with Gasteiger partial charge in [-0.1, -0.05) is 0 Å². The van der Waals surface area contributed by atoms with Crippen LogP contribution in [0.4, 0.5) is 0 Å². The van der Waals surface area contributed by atoms with Crippen LogP contribution in [0.25, 0.3) is 0 Å². The molecule has 4 heteroatoms. The van der Waals surface area contributed by atoms with Gasteiger partial charge in [0.1, 0.15) is 5.75 Å². The van der Waals surface area contributed by atoms with Gasteiger partial charge in [-0.05, 0) is 59.4 Å². The van der Waals surface area contributed by atoms with Gasteiger partial charge in [-0.15, -0.1) is 0 Å². The number of likely N-dealkylation sites (N-methyl/N-ethyl adjacent to an activating group) is 1. The van der Waals surface area contributed by atoms with Gasteiger partial charge in [-0.3, -0.25) is 0 Å². The van der Waals surface area contributed by atoms with E-state index >= 15 is 0 Å². The molecule has 0 aromatic heterocycles. The Balaban J connectivity index is 2.43. The van der Waals surface area contributed by atoms with Gasteiger partial charge in [-0.25, -0.2) is 0 Å². The predicted octanol–water partition coefficient (Wildman–Crippen LogP) is 1.90. The second-order valence-corrected chi connectivity index (χ2v) is 4.99. The molecule has 0 bridgehead atoms. The second kappa shape index (κ2) is 4.73. The molecule has 1 aliphatic rings. The first-order chi connectivity index (χ1) is 7.65. The summed E-state index contributed by atoms with van der Waals surface area (Å²) in [7, 11) is 1.78. The Labute approximate surface area is 104 Å². The number of aromatic hydroxyl groups is 1. The molecule has 88 valence electrons. The lowest BCUT2D eigenvalue weighted by molar-refractivity contribution is 0.173. The van der Waals surface area contributed by atoms with Gasteiger partial charge < -0.3 is 15.5 Å². The summed E-state index contributed by atoms with van der Waals surface area (Å²) in [6.07, 6.45) is 2.50. The molecule has 0 saturated heterocycles. The number of benzene rings is 1. The molecule has 3 nitrogen and oxygen atoms in total. The number of aliphatic hydroxyl groups is 1. The Kier molecular flexibility index (Phi) is 3.52. The quantitative estimate of drug-likeness (QED) is 0.795. The van der Waals surface area contributed by atoms with Gasteiger partial charge >= 0.3 is 0 Å². The number of hydrogen-bond donors (Lipinski definition) is 3. The Bertz CT molecular complexity index is 406. The normalized spacial score (nSPS) is 16.2. The van der Waals surface area contributed by atoms with E-state index < -0.39 is 6.10 Å². The standard InChI is InChI=1S/C12H16BrNO2/c1-14-6-10(15)9-5-7-3-2-4-8(7)11(13)12(9)16/h5,10,14-16H,2-4,6H2,1H3. The summed E-state index contributed by atoms with van der Waals surface area (Å²) in [6.45, 7) is 0.443. The zero-order valence-corrected chi connectivity index (χ0v) is 10.8. The smallest absolute Gasteiger partial charge is 0.135 e. The average Bonchev–Trinajstić information content (AvgIpc) is 2.71. The van der Waals surface area contributed by atoms with E-state index in [-0.39, 0.29) is 5.75 Å². The molecule has 1 aromatic rings. The monoisotopic (exact) mass is 285 g/mol. The maximum absolute atomic E-state index is 10.0. The topological polar surface area (TPSA) is 52.5 Å². The number of phenols is 1. The van der Waals surface area contributed by atoms with Crippen LogP contribution >= 0.6 is 15.9 Å². The number of nitrogens with one attached hydrogen (secondary N) is 1. The zero-order chi connectivity index (χ0) is 11.7. The number of aryl methyl sites for hydroxylation is 1. The number of rotatable bonds is 3. The minimum atomic E-state index is -0.660. The van der Waals surface area contributed by atoms with Crippen molar-refractivity contribution in [2.24, 2.45) is 0 Å². The van der Waals surface area contributed by atoms with Gasteiger partial charge in [0.2, 0.25) is 0 Å². The molecule has 1 atom stereocenters. The molecular weight excluding hydrogens is 270 g/mol. The first-order valence-electron chi connectivity index (χ1n) is 5.51. The summed E-state index contributed by atoms with van der Waals surface area (Å²) in [5.74, 6) is 0.184. The second-order valence-electron chi connectivity index (χ2n) is 4.19. The molecule has 16 heavy (non-hydrogen) atoms. The van der Waals surface area contributed by atoms with E-state index in [2.05, 4.69) is 21.2 Å². The molecule has 0 fully saturated rings. The summed E-state index contributed by atoms with van der Waals surface area (Å²) < 4.78 is 0.757. The van der Waals surface area contributed by atoms with E-state index in [9.17, 15) is 10.2 Å². The van der Waals surface area contributed by atoms with Gasteiger partial charge in [0.05, 0.1) is 10.6 Å². The third-order valence-electron chi connectivity index (χ3n) is 3.09. The highest BCUT2D eigenvalue weighted by Gasteiger charge is 2.22. The maximum atomic E-state index is 10.0. The first-order valence-corrected chi connectivity index (χ1v) is 6.30. The van der Waals surface area contributed by atoms with Crippen LogP contribution < -0.4 is 5.32 Å². The molecule has 0 heterocycles. The first kappa shape index (κ1) is 11.9. The lowest BCUT2D eigenvalue weighted by atomic mass is 10.0. The molecule has 1 aliphatic carbocycles. The van der Waals surface area contributed by atoms with Crippen molar-refractivity contribution in [1.82, 2.24) is 5.32 Å². The van der Waals surface area contributed by atoms with Gasteiger partial charge in [0.25, 0.3) is 0 Å². The van der Waals surface area contributed by atoms with E-state index in [1.807, 2.05) is 6.07 Å². The number of halogens is 1. The lowest BCUT2D eigenvalue weighted by Crippen LogP contribution is -2.17. The minimum absolute atomic E-state index is 0.184. The largest absolute Gasteiger partial charge is 0.506 e. The molecule has 2 rings (SSSR count). The number of aliphatic hydroxyl groups excluding tert-OH is 1. The van der Waals surface area contributed by atoms with Crippen molar-refractivity contribution >= 4 is 15.9 Å². The van der Waals surface area contributed by atoms with Crippen molar-refractivity contribution in [3.05, 3.63) is 27.2 Å². The molecule has 0 spiro atoms. The van der Waals surface area contributed by atoms with E-state index in [0.717, 1.165) is 23.7 Å². The highest BCUT2D eigenvalue weighted by molar-refractivity contribution is 9.10. The van der Waals surface area contributed by atoms with Crippen molar-refractivity contribution in [2.45, 2.75) is 25.4 Å². The fourth-order valence-electron chi connectivity index (χ4n) is 2.26. The Morgan fingerprint density at radius 1 is 1.50 bits per heavy atom. The van der Waals surface area contributed by atoms with Crippen LogP contribution in [0.2, 0.25) is 0 Å². The third kappa shape index (κ3) is 1.97. The summed E-state index contributed by atoms with van der Waals surface area (Å²) >= 11 is 3.42. The summed E-state index contributed by atoms with van der Waals surface area (Å²) in [5, 5.41) is 22.8. The van der Waals surface area contributed by atoms with Crippen LogP contribution in [0.5, 0.6) is 5.75 Å². The van der Waals surface area contributed by atoms with Crippen LogP contribution in [0, 0.1) is 0 Å². The number of fused-ring (bicyclic) bond motifs is 1. The number of phenolic OH excluding ortho intramolecular Hbond substituents is 1. The van der Waals surface area contributed by atoms with Crippen LogP contribution in [-0.2, 0) is 12.8 Å². The Hall–Kier alpha value is -0.580. The van der Waals surface area contributed by atoms with Crippen molar-refractivity contribution < 1.29 is 10.2 Å². The molecular formula is C12H16BrNO2. The molecule has 0 saturated carbocycles. The van der Waals surface area contributed by atoms with E-state index in [1.54, 1.807) is 7.05 Å². The Morgan fingerprint density at radius 2 is 2.25 bits per heavy atom.